The first-order valence-electron chi connectivity index (χ1n) is 7.68. The number of carbonyl (C=O) groups excluding carboxylic acids is 1. The van der Waals surface area contributed by atoms with Crippen molar-refractivity contribution in [1.29, 1.82) is 0 Å². The number of esters is 1. The van der Waals surface area contributed by atoms with Crippen LogP contribution in [0.3, 0.4) is 0 Å². The van der Waals surface area contributed by atoms with Crippen LogP contribution in [0.4, 0.5) is 0 Å². The van der Waals surface area contributed by atoms with Crippen LogP contribution in [0.1, 0.15) is 19.3 Å². The highest BCUT2D eigenvalue weighted by molar-refractivity contribution is 9.09. The van der Waals surface area contributed by atoms with E-state index in [1.54, 1.807) is 4.67 Å². The van der Waals surface area contributed by atoms with Gasteiger partial charge in [-0.05, 0) is 12.8 Å². The summed E-state index contributed by atoms with van der Waals surface area (Å²) in [5, 5.41) is 3.67. The number of carbonyl (C=O) groups is 1. The molecule has 0 aliphatic carbocycles. The SMILES string of the molecule is O=C(CCCBr)OCCCNP(=O)(OCCCl)N(CCCl)CCCl. The van der Waals surface area contributed by atoms with Crippen LogP contribution < -0.4 is 5.09 Å². The lowest BCUT2D eigenvalue weighted by Crippen LogP contribution is -2.33. The van der Waals surface area contributed by atoms with Crippen LogP contribution in [-0.4, -0.2) is 66.5 Å². The average Bonchev–Trinajstić information content (AvgIpc) is 2.57. The molecular weight excluding hydrogens is 465 g/mol. The van der Waals surface area contributed by atoms with E-state index in [1.165, 1.54) is 0 Å². The number of ether oxygens (including phenoxy) is 1. The molecule has 0 heterocycles. The number of hydrogen-bond donors (Lipinski definition) is 1. The minimum absolute atomic E-state index is 0.147. The van der Waals surface area contributed by atoms with E-state index in [1.807, 2.05) is 0 Å². The summed E-state index contributed by atoms with van der Waals surface area (Å²) >= 11 is 20.4. The lowest BCUT2D eigenvalue weighted by atomic mass is 10.3. The first-order valence-corrected chi connectivity index (χ1v) is 12.0. The molecule has 1 atom stereocenters. The van der Waals surface area contributed by atoms with Gasteiger partial charge in [-0.25, -0.2) is 9.76 Å². The van der Waals surface area contributed by atoms with E-state index in [4.69, 9.17) is 44.1 Å². The molecule has 1 unspecified atom stereocenters. The van der Waals surface area contributed by atoms with Gasteiger partial charge in [-0.3, -0.25) is 9.36 Å². The fourth-order valence-electron chi connectivity index (χ4n) is 1.72. The number of nitrogens with one attached hydrogen (secondary N) is 1. The lowest BCUT2D eigenvalue weighted by Gasteiger charge is -2.30. The molecule has 0 saturated heterocycles. The molecule has 24 heavy (non-hydrogen) atoms. The zero-order valence-corrected chi connectivity index (χ0v) is 18.3. The summed E-state index contributed by atoms with van der Waals surface area (Å²) in [5.74, 6) is 0.601. The fourth-order valence-corrected chi connectivity index (χ4v) is 4.79. The Kier molecular flexibility index (Phi) is 16.8. The topological polar surface area (TPSA) is 67.9 Å². The molecule has 0 aliphatic heterocycles. The number of halogens is 4. The minimum Gasteiger partial charge on any atom is -0.466 e. The first-order chi connectivity index (χ1) is 11.5. The van der Waals surface area contributed by atoms with Crippen molar-refractivity contribution in [1.82, 2.24) is 9.76 Å². The Bertz CT molecular complexity index is 377. The second-order valence-corrected chi connectivity index (χ2v) is 8.76. The molecule has 0 bridgehead atoms. The molecular formula is C13H25BrCl3N2O4P. The van der Waals surface area contributed by atoms with Gasteiger partial charge in [-0.2, -0.15) is 0 Å². The van der Waals surface area contributed by atoms with Crippen molar-refractivity contribution < 1.29 is 18.6 Å². The van der Waals surface area contributed by atoms with E-state index in [2.05, 4.69) is 21.0 Å². The summed E-state index contributed by atoms with van der Waals surface area (Å²) in [6, 6.07) is 0. The standard InChI is InChI=1S/C13H25BrCl3N2O4P/c14-4-1-3-13(20)22-11-2-8-18-24(21,23-12-7-17)19(9-5-15)10-6-16/h1-12H2,(H,18,21). The van der Waals surface area contributed by atoms with Crippen LogP contribution >= 0.6 is 58.4 Å². The minimum atomic E-state index is -3.28. The molecule has 6 nitrogen and oxygen atoms in total. The van der Waals surface area contributed by atoms with Gasteiger partial charge in [0.25, 0.3) is 0 Å². The molecule has 0 aromatic rings. The number of nitrogens with zero attached hydrogens (tertiary/aromatic N) is 1. The zero-order valence-electron chi connectivity index (χ0n) is 13.5. The smallest absolute Gasteiger partial charge is 0.343 e. The average molecular weight is 491 g/mol. The van der Waals surface area contributed by atoms with Crippen LogP contribution in [0, 0.1) is 0 Å². The van der Waals surface area contributed by atoms with E-state index in [0.29, 0.717) is 44.2 Å². The number of alkyl halides is 4. The summed E-state index contributed by atoms with van der Waals surface area (Å²) in [7, 11) is -3.28. The largest absolute Gasteiger partial charge is 0.466 e. The number of rotatable bonds is 16. The maximum absolute atomic E-state index is 13.0. The molecule has 1 N–H and O–H groups in total. The molecule has 0 fully saturated rings. The summed E-state index contributed by atoms with van der Waals surface area (Å²) in [6.45, 7) is 1.53. The highest BCUT2D eigenvalue weighted by Gasteiger charge is 2.30. The van der Waals surface area contributed by atoms with E-state index in [-0.39, 0.29) is 25.1 Å². The lowest BCUT2D eigenvalue weighted by molar-refractivity contribution is -0.143. The van der Waals surface area contributed by atoms with Crippen LogP contribution in [0.25, 0.3) is 0 Å². The predicted molar refractivity (Wildman–Crippen MR) is 104 cm³/mol. The van der Waals surface area contributed by atoms with Crippen molar-refractivity contribution in [2.45, 2.75) is 19.3 Å². The molecule has 0 aliphatic rings. The molecule has 0 radical (unpaired) electrons. The third-order valence-electron chi connectivity index (χ3n) is 2.81. The second-order valence-electron chi connectivity index (χ2n) is 4.65. The van der Waals surface area contributed by atoms with Crippen molar-refractivity contribution in [3.05, 3.63) is 0 Å². The van der Waals surface area contributed by atoms with Gasteiger partial charge in [0.2, 0.25) is 0 Å². The van der Waals surface area contributed by atoms with Crippen LogP contribution in [-0.2, 0) is 18.6 Å². The van der Waals surface area contributed by atoms with Crippen molar-refractivity contribution in [3.63, 3.8) is 0 Å². The van der Waals surface area contributed by atoms with E-state index >= 15 is 0 Å². The van der Waals surface area contributed by atoms with Gasteiger partial charge in [-0.1, -0.05) is 15.9 Å². The van der Waals surface area contributed by atoms with Gasteiger partial charge in [0, 0.05) is 49.0 Å². The third-order valence-corrected chi connectivity index (χ3v) is 6.16. The normalized spacial score (nSPS) is 13.9. The highest BCUT2D eigenvalue weighted by Crippen LogP contribution is 2.46. The molecule has 0 rings (SSSR count). The van der Waals surface area contributed by atoms with Crippen LogP contribution in [0.15, 0.2) is 0 Å². The van der Waals surface area contributed by atoms with Gasteiger partial charge < -0.3 is 9.26 Å². The third kappa shape index (κ3) is 11.5. The van der Waals surface area contributed by atoms with E-state index < -0.39 is 7.67 Å². The fraction of sp³-hybridized carbons (Fsp3) is 0.923. The molecule has 0 spiro atoms. The highest BCUT2D eigenvalue weighted by atomic mass is 79.9. The monoisotopic (exact) mass is 488 g/mol. The molecule has 0 aromatic carbocycles. The zero-order chi connectivity index (χ0) is 18.3. The molecule has 0 aromatic heterocycles. The first kappa shape index (κ1) is 24.9. The Hall–Kier alpha value is 0.930. The van der Waals surface area contributed by atoms with E-state index in [9.17, 15) is 9.36 Å². The number of hydrogen-bond acceptors (Lipinski definition) is 4. The van der Waals surface area contributed by atoms with Gasteiger partial charge >= 0.3 is 13.6 Å². The molecule has 11 heteroatoms. The Morgan fingerprint density at radius 1 is 1.08 bits per heavy atom. The quantitative estimate of drug-likeness (QED) is 0.154. The van der Waals surface area contributed by atoms with Crippen molar-refractivity contribution in [2.24, 2.45) is 0 Å². The summed E-state index contributed by atoms with van der Waals surface area (Å²) in [5.41, 5.74) is 0. The Morgan fingerprint density at radius 2 is 1.75 bits per heavy atom. The van der Waals surface area contributed by atoms with Gasteiger partial charge in [0.1, 0.15) is 0 Å². The summed E-state index contributed by atoms with van der Waals surface area (Å²) < 4.78 is 25.1. The van der Waals surface area contributed by atoms with Gasteiger partial charge in [-0.15, -0.1) is 34.8 Å². The van der Waals surface area contributed by atoms with Gasteiger partial charge in [0.15, 0.2) is 0 Å². The Balaban J connectivity index is 4.35. The second kappa shape index (κ2) is 16.1. The Morgan fingerprint density at radius 3 is 2.29 bits per heavy atom. The summed E-state index contributed by atoms with van der Waals surface area (Å²) in [6.07, 6.45) is 1.64. The van der Waals surface area contributed by atoms with Crippen LogP contribution in [0.2, 0.25) is 0 Å². The van der Waals surface area contributed by atoms with Crippen molar-refractivity contribution >= 4 is 64.4 Å². The summed E-state index contributed by atoms with van der Waals surface area (Å²) in [4.78, 5) is 11.4. The van der Waals surface area contributed by atoms with E-state index in [0.717, 1.165) is 11.8 Å². The van der Waals surface area contributed by atoms with Crippen molar-refractivity contribution in [3.8, 4) is 0 Å². The molecule has 0 saturated carbocycles. The maximum Gasteiger partial charge on any atom is 0.343 e. The maximum atomic E-state index is 13.0. The van der Waals surface area contributed by atoms with Crippen molar-refractivity contribution in [2.75, 3.05) is 55.8 Å². The Labute approximate surface area is 167 Å². The van der Waals surface area contributed by atoms with Crippen LogP contribution in [0.5, 0.6) is 0 Å². The molecule has 0 amide bonds. The molecule has 144 valence electrons. The predicted octanol–water partition coefficient (Wildman–Crippen LogP) is 3.83. The van der Waals surface area contributed by atoms with Gasteiger partial charge in [0.05, 0.1) is 13.2 Å².